The van der Waals surface area contributed by atoms with Crippen molar-refractivity contribution in [2.24, 2.45) is 0 Å². The highest BCUT2D eigenvalue weighted by Gasteiger charge is 2.20. The zero-order chi connectivity index (χ0) is 14.7. The fourth-order valence-corrected chi connectivity index (χ4v) is 2.43. The van der Waals surface area contributed by atoms with Crippen molar-refractivity contribution >= 4 is 23.2 Å². The Hall–Kier alpha value is -1.45. The number of benzene rings is 2. The molecule has 0 spiro atoms. The molecule has 2 aromatic carbocycles. The maximum absolute atomic E-state index is 13.9. The largest absolute Gasteiger partial charge is 0.497 e. The van der Waals surface area contributed by atoms with Gasteiger partial charge in [0.05, 0.1) is 19.6 Å². The first-order chi connectivity index (χ1) is 9.56. The minimum atomic E-state index is -0.699. The van der Waals surface area contributed by atoms with Gasteiger partial charge in [-0.15, -0.1) is 11.6 Å². The van der Waals surface area contributed by atoms with E-state index >= 15 is 0 Å². The Bertz CT molecular complexity index is 617. The molecule has 1 atom stereocenters. The van der Waals surface area contributed by atoms with Gasteiger partial charge in [0.2, 0.25) is 0 Å². The van der Waals surface area contributed by atoms with E-state index in [2.05, 4.69) is 0 Å². The van der Waals surface area contributed by atoms with E-state index in [1.54, 1.807) is 25.3 Å². The number of ether oxygens (including phenoxy) is 2. The zero-order valence-corrected chi connectivity index (χ0v) is 12.5. The lowest BCUT2D eigenvalue weighted by Gasteiger charge is -2.16. The summed E-state index contributed by atoms with van der Waals surface area (Å²) in [5, 5.41) is -0.269. The summed E-state index contributed by atoms with van der Waals surface area (Å²) < 4.78 is 24.3. The molecule has 2 aromatic rings. The fourth-order valence-electron chi connectivity index (χ4n) is 1.90. The Morgan fingerprint density at radius 2 is 1.75 bits per heavy atom. The molecule has 20 heavy (non-hydrogen) atoms. The van der Waals surface area contributed by atoms with Gasteiger partial charge in [-0.25, -0.2) is 4.39 Å². The maximum atomic E-state index is 13.9. The molecule has 106 valence electrons. The molecule has 0 aromatic heterocycles. The summed E-state index contributed by atoms with van der Waals surface area (Å²) in [6, 6.07) is 9.48. The lowest BCUT2D eigenvalue weighted by atomic mass is 10.0. The molecule has 0 radical (unpaired) electrons. The molecule has 2 rings (SSSR count). The van der Waals surface area contributed by atoms with E-state index in [1.807, 2.05) is 0 Å². The van der Waals surface area contributed by atoms with Gasteiger partial charge in [-0.1, -0.05) is 11.6 Å². The van der Waals surface area contributed by atoms with Crippen molar-refractivity contribution in [3.63, 3.8) is 0 Å². The summed E-state index contributed by atoms with van der Waals surface area (Å²) in [6.07, 6.45) is 0. The monoisotopic (exact) mass is 314 g/mol. The Morgan fingerprint density at radius 3 is 2.40 bits per heavy atom. The summed E-state index contributed by atoms with van der Waals surface area (Å²) in [7, 11) is 3.08. The van der Waals surface area contributed by atoms with Crippen LogP contribution in [0.3, 0.4) is 0 Å². The van der Waals surface area contributed by atoms with Crippen LogP contribution in [0.25, 0.3) is 0 Å². The number of rotatable bonds is 4. The molecule has 1 unspecified atom stereocenters. The molecule has 0 bridgehead atoms. The number of hydrogen-bond donors (Lipinski definition) is 0. The SMILES string of the molecule is COc1ccc(C(Cl)c2cc(Cl)ccc2F)c(OC)c1. The molecule has 0 heterocycles. The van der Waals surface area contributed by atoms with Gasteiger partial charge in [0, 0.05) is 22.2 Å². The van der Waals surface area contributed by atoms with Gasteiger partial charge in [0.15, 0.2) is 0 Å². The smallest absolute Gasteiger partial charge is 0.128 e. The maximum Gasteiger partial charge on any atom is 0.128 e. The van der Waals surface area contributed by atoms with Crippen molar-refractivity contribution in [1.29, 1.82) is 0 Å². The summed E-state index contributed by atoms with van der Waals surface area (Å²) in [4.78, 5) is 0. The van der Waals surface area contributed by atoms with Crippen LogP contribution in [-0.2, 0) is 0 Å². The first kappa shape index (κ1) is 14.9. The molecular weight excluding hydrogens is 302 g/mol. The van der Waals surface area contributed by atoms with E-state index in [0.717, 1.165) is 0 Å². The number of halogens is 3. The van der Waals surface area contributed by atoms with Crippen LogP contribution in [0.4, 0.5) is 4.39 Å². The lowest BCUT2D eigenvalue weighted by Crippen LogP contribution is -2.00. The Morgan fingerprint density at radius 1 is 1.00 bits per heavy atom. The molecule has 2 nitrogen and oxygen atoms in total. The van der Waals surface area contributed by atoms with Gasteiger partial charge in [-0.3, -0.25) is 0 Å². The van der Waals surface area contributed by atoms with Crippen LogP contribution in [0.15, 0.2) is 36.4 Å². The number of methoxy groups -OCH3 is 2. The minimum absolute atomic E-state index is 0.308. The predicted octanol–water partition coefficient (Wildman–Crippen LogP) is 4.82. The van der Waals surface area contributed by atoms with Crippen LogP contribution >= 0.6 is 23.2 Å². The summed E-state index contributed by atoms with van der Waals surface area (Å²) in [5.41, 5.74) is 0.957. The minimum Gasteiger partial charge on any atom is -0.497 e. The molecular formula is C15H13Cl2FO2. The van der Waals surface area contributed by atoms with Crippen molar-refractivity contribution < 1.29 is 13.9 Å². The summed E-state index contributed by atoms with van der Waals surface area (Å²) >= 11 is 12.3. The molecule has 0 saturated carbocycles. The molecule has 0 fully saturated rings. The van der Waals surface area contributed by atoms with Crippen molar-refractivity contribution in [2.75, 3.05) is 14.2 Å². The van der Waals surface area contributed by atoms with Gasteiger partial charge < -0.3 is 9.47 Å². The average Bonchev–Trinajstić information content (AvgIpc) is 2.48. The molecule has 0 aliphatic rings. The van der Waals surface area contributed by atoms with Crippen LogP contribution in [0.2, 0.25) is 5.02 Å². The average molecular weight is 315 g/mol. The first-order valence-electron chi connectivity index (χ1n) is 5.87. The molecule has 0 amide bonds. The van der Waals surface area contributed by atoms with Crippen LogP contribution in [-0.4, -0.2) is 14.2 Å². The van der Waals surface area contributed by atoms with E-state index < -0.39 is 11.2 Å². The first-order valence-corrected chi connectivity index (χ1v) is 6.69. The molecule has 0 N–H and O–H groups in total. The lowest BCUT2D eigenvalue weighted by molar-refractivity contribution is 0.391. The van der Waals surface area contributed by atoms with Crippen molar-refractivity contribution in [1.82, 2.24) is 0 Å². The van der Waals surface area contributed by atoms with Crippen LogP contribution in [0.5, 0.6) is 11.5 Å². The van der Waals surface area contributed by atoms with Gasteiger partial charge in [-0.2, -0.15) is 0 Å². The summed E-state index contributed by atoms with van der Waals surface area (Å²) in [5.74, 6) is 0.761. The highest BCUT2D eigenvalue weighted by Crippen LogP contribution is 2.38. The standard InChI is InChI=1S/C15H13Cl2FO2/c1-19-10-4-5-11(14(8-10)20-2)15(17)12-7-9(16)3-6-13(12)18/h3-8,15H,1-2H3. The fraction of sp³-hybridized carbons (Fsp3) is 0.200. The molecule has 0 aliphatic heterocycles. The van der Waals surface area contributed by atoms with E-state index in [1.165, 1.54) is 25.3 Å². The predicted molar refractivity (Wildman–Crippen MR) is 78.7 cm³/mol. The quantitative estimate of drug-likeness (QED) is 0.753. The van der Waals surface area contributed by atoms with Crippen LogP contribution in [0, 0.1) is 5.82 Å². The second-order valence-corrected chi connectivity index (χ2v) is 5.01. The van der Waals surface area contributed by atoms with Crippen molar-refractivity contribution in [3.8, 4) is 11.5 Å². The van der Waals surface area contributed by atoms with E-state index in [9.17, 15) is 4.39 Å². The van der Waals surface area contributed by atoms with Gasteiger partial charge in [0.1, 0.15) is 17.3 Å². The molecule has 5 heteroatoms. The van der Waals surface area contributed by atoms with Gasteiger partial charge in [0.25, 0.3) is 0 Å². The number of hydrogen-bond acceptors (Lipinski definition) is 2. The highest BCUT2D eigenvalue weighted by molar-refractivity contribution is 6.31. The van der Waals surface area contributed by atoms with Crippen LogP contribution in [0.1, 0.15) is 16.5 Å². The van der Waals surface area contributed by atoms with Crippen molar-refractivity contribution in [2.45, 2.75) is 5.38 Å². The molecule has 0 aliphatic carbocycles. The van der Waals surface area contributed by atoms with Crippen LogP contribution < -0.4 is 9.47 Å². The Balaban J connectivity index is 2.47. The third kappa shape index (κ3) is 3.00. The second-order valence-electron chi connectivity index (χ2n) is 4.14. The number of alkyl halides is 1. The Labute approximate surface area is 127 Å². The third-order valence-electron chi connectivity index (χ3n) is 2.94. The third-order valence-corrected chi connectivity index (χ3v) is 3.65. The summed E-state index contributed by atoms with van der Waals surface area (Å²) in [6.45, 7) is 0. The van der Waals surface area contributed by atoms with Gasteiger partial charge >= 0.3 is 0 Å². The van der Waals surface area contributed by atoms with E-state index in [4.69, 9.17) is 32.7 Å². The normalized spacial score (nSPS) is 12.1. The van der Waals surface area contributed by atoms with Gasteiger partial charge in [-0.05, 0) is 30.3 Å². The highest BCUT2D eigenvalue weighted by atomic mass is 35.5. The topological polar surface area (TPSA) is 18.5 Å². The van der Waals surface area contributed by atoms with E-state index in [-0.39, 0.29) is 0 Å². The zero-order valence-electron chi connectivity index (χ0n) is 11.0. The van der Waals surface area contributed by atoms with Crippen molar-refractivity contribution in [3.05, 3.63) is 58.4 Å². The second kappa shape index (κ2) is 6.33. The van der Waals surface area contributed by atoms with E-state index in [0.29, 0.717) is 27.6 Å². The molecule has 0 saturated heterocycles. The Kier molecular flexibility index (Phi) is 4.73.